The molecule has 0 spiro atoms. The molecule has 0 radical (unpaired) electrons. The first-order valence-corrected chi connectivity index (χ1v) is 8.14. The first-order chi connectivity index (χ1) is 11.9. The van der Waals surface area contributed by atoms with Gasteiger partial charge in [-0.1, -0.05) is 6.07 Å². The average Bonchev–Trinajstić information content (AvgIpc) is 2.57. The molecule has 0 bridgehead atoms. The Labute approximate surface area is 154 Å². The van der Waals surface area contributed by atoms with Crippen molar-refractivity contribution in [2.45, 2.75) is 6.92 Å². The number of halogens is 1. The van der Waals surface area contributed by atoms with E-state index in [-0.39, 0.29) is 17.0 Å². The Bertz CT molecular complexity index is 1070. The maximum absolute atomic E-state index is 12.3. The Hall–Kier alpha value is -2.75. The fourth-order valence-electron chi connectivity index (χ4n) is 2.32. The van der Waals surface area contributed by atoms with E-state index in [1.807, 2.05) is 22.6 Å². The lowest BCUT2D eigenvalue weighted by Crippen LogP contribution is -2.10. The van der Waals surface area contributed by atoms with Gasteiger partial charge in [0, 0.05) is 23.6 Å². The van der Waals surface area contributed by atoms with Crippen LogP contribution in [0.3, 0.4) is 0 Å². The fraction of sp³-hybridized carbons (Fsp3) is 0.0588. The molecule has 0 fully saturated rings. The third-order valence-corrected chi connectivity index (χ3v) is 4.54. The molecule has 3 rings (SSSR count). The van der Waals surface area contributed by atoms with Gasteiger partial charge < -0.3 is 9.15 Å². The van der Waals surface area contributed by atoms with Crippen LogP contribution in [0.4, 0.5) is 5.69 Å². The smallest absolute Gasteiger partial charge is 0.343 e. The second-order valence-electron chi connectivity index (χ2n) is 5.20. The Balaban J connectivity index is 1.99. The molecule has 1 heterocycles. The van der Waals surface area contributed by atoms with Crippen molar-refractivity contribution >= 4 is 45.2 Å². The molecule has 0 aliphatic heterocycles. The molecule has 0 unspecified atom stereocenters. The monoisotopic (exact) mass is 451 g/mol. The van der Waals surface area contributed by atoms with Gasteiger partial charge in [-0.25, -0.2) is 9.59 Å². The number of rotatable bonds is 3. The molecule has 7 nitrogen and oxygen atoms in total. The number of fused-ring (bicyclic) bond motifs is 1. The van der Waals surface area contributed by atoms with E-state index in [0.29, 0.717) is 9.15 Å². The van der Waals surface area contributed by atoms with Crippen LogP contribution in [-0.4, -0.2) is 10.9 Å². The van der Waals surface area contributed by atoms with Gasteiger partial charge in [-0.3, -0.25) is 10.1 Å². The zero-order valence-electron chi connectivity index (χ0n) is 12.8. The number of carbonyl (C=O) groups excluding carboxylic acids is 1. The number of carbonyl (C=O) groups is 1. The maximum Gasteiger partial charge on any atom is 0.343 e. The van der Waals surface area contributed by atoms with Crippen molar-refractivity contribution in [1.29, 1.82) is 0 Å². The van der Waals surface area contributed by atoms with Crippen molar-refractivity contribution in [2.24, 2.45) is 0 Å². The fourth-order valence-corrected chi connectivity index (χ4v) is 3.01. The summed E-state index contributed by atoms with van der Waals surface area (Å²) in [5, 5.41) is 11.5. The summed E-state index contributed by atoms with van der Waals surface area (Å²) < 4.78 is 11.0. The topological polar surface area (TPSA) is 99.7 Å². The molecule has 25 heavy (non-hydrogen) atoms. The van der Waals surface area contributed by atoms with Gasteiger partial charge in [-0.15, -0.1) is 0 Å². The van der Waals surface area contributed by atoms with E-state index in [1.165, 1.54) is 24.3 Å². The molecule has 3 aromatic rings. The molecule has 0 saturated heterocycles. The number of nitrogens with zero attached hydrogens (tertiary/aromatic N) is 1. The predicted octanol–water partition coefficient (Wildman–Crippen LogP) is 3.83. The second-order valence-corrected chi connectivity index (χ2v) is 6.28. The zero-order valence-corrected chi connectivity index (χ0v) is 15.0. The number of ether oxygens (including phenoxy) is 1. The second kappa shape index (κ2) is 6.63. The van der Waals surface area contributed by atoms with E-state index in [9.17, 15) is 19.7 Å². The van der Waals surface area contributed by atoms with Gasteiger partial charge in [-0.2, -0.15) is 0 Å². The van der Waals surface area contributed by atoms with E-state index in [4.69, 9.17) is 9.15 Å². The number of nitro groups is 1. The lowest BCUT2D eigenvalue weighted by Gasteiger charge is -2.09. The molecule has 2 aromatic carbocycles. The maximum atomic E-state index is 12.3. The minimum absolute atomic E-state index is 0.0517. The van der Waals surface area contributed by atoms with Crippen molar-refractivity contribution in [3.63, 3.8) is 0 Å². The van der Waals surface area contributed by atoms with E-state index < -0.39 is 16.5 Å². The third-order valence-electron chi connectivity index (χ3n) is 3.52. The Morgan fingerprint density at radius 1 is 1.24 bits per heavy atom. The van der Waals surface area contributed by atoms with Crippen molar-refractivity contribution in [2.75, 3.05) is 0 Å². The number of nitro benzene ring substituents is 1. The molecule has 126 valence electrons. The van der Waals surface area contributed by atoms with Gasteiger partial charge in [0.1, 0.15) is 5.75 Å². The quantitative estimate of drug-likeness (QED) is 0.150. The minimum atomic E-state index is -0.740. The van der Waals surface area contributed by atoms with Crippen LogP contribution < -0.4 is 10.4 Å². The summed E-state index contributed by atoms with van der Waals surface area (Å²) in [6.07, 6.45) is 0. The van der Waals surface area contributed by atoms with Crippen LogP contribution in [0.2, 0.25) is 0 Å². The molecule has 0 saturated carbocycles. The van der Waals surface area contributed by atoms with Crippen molar-refractivity contribution in [3.8, 4) is 5.75 Å². The molecular weight excluding hydrogens is 441 g/mol. The summed E-state index contributed by atoms with van der Waals surface area (Å²) in [6, 6.07) is 9.91. The highest BCUT2D eigenvalue weighted by atomic mass is 127. The van der Waals surface area contributed by atoms with E-state index >= 15 is 0 Å². The molecular formula is C17H10INO6. The molecule has 0 aliphatic rings. The van der Waals surface area contributed by atoms with Crippen LogP contribution in [0.1, 0.15) is 15.9 Å². The van der Waals surface area contributed by atoms with E-state index in [0.717, 1.165) is 17.0 Å². The molecule has 0 amide bonds. The van der Waals surface area contributed by atoms with Gasteiger partial charge in [0.25, 0.3) is 5.69 Å². The summed E-state index contributed by atoms with van der Waals surface area (Å²) >= 11 is 1.92. The normalized spacial score (nSPS) is 10.6. The summed E-state index contributed by atoms with van der Waals surface area (Å²) in [5.74, 6) is -0.533. The lowest BCUT2D eigenvalue weighted by molar-refractivity contribution is -0.384. The van der Waals surface area contributed by atoms with Crippen LogP contribution in [0, 0.1) is 20.6 Å². The van der Waals surface area contributed by atoms with Crippen LogP contribution >= 0.6 is 22.6 Å². The number of benzene rings is 2. The lowest BCUT2D eigenvalue weighted by atomic mass is 10.1. The van der Waals surface area contributed by atoms with Crippen molar-refractivity contribution in [1.82, 2.24) is 0 Å². The summed E-state index contributed by atoms with van der Waals surface area (Å²) in [4.78, 5) is 34.1. The van der Waals surface area contributed by atoms with Crippen LogP contribution in [0.5, 0.6) is 5.75 Å². The van der Waals surface area contributed by atoms with E-state index in [2.05, 4.69) is 0 Å². The highest BCUT2D eigenvalue weighted by Gasteiger charge is 2.17. The van der Waals surface area contributed by atoms with Crippen LogP contribution in [0.15, 0.2) is 51.7 Å². The standard InChI is InChI=1S/C17H10INO6/c1-9-7-14(20)25-16-12(9)5-6-13(15(16)18)24-17(21)10-3-2-4-11(8-10)19(22)23/h2-8H,1H3. The van der Waals surface area contributed by atoms with Gasteiger partial charge in [0.05, 0.1) is 14.1 Å². The largest absolute Gasteiger partial charge is 0.422 e. The Kier molecular flexibility index (Phi) is 4.53. The highest BCUT2D eigenvalue weighted by molar-refractivity contribution is 14.1. The summed E-state index contributed by atoms with van der Waals surface area (Å²) in [5.41, 5.74) is 0.431. The number of hydrogen-bond donors (Lipinski definition) is 0. The van der Waals surface area contributed by atoms with Crippen molar-refractivity contribution in [3.05, 3.63) is 77.7 Å². The van der Waals surface area contributed by atoms with E-state index in [1.54, 1.807) is 19.1 Å². The van der Waals surface area contributed by atoms with Gasteiger partial charge in [0.15, 0.2) is 5.58 Å². The molecule has 0 atom stereocenters. The number of non-ortho nitro benzene ring substituents is 1. The number of esters is 1. The molecule has 1 aromatic heterocycles. The first-order valence-electron chi connectivity index (χ1n) is 7.06. The highest BCUT2D eigenvalue weighted by Crippen LogP contribution is 2.31. The SMILES string of the molecule is Cc1cc(=O)oc2c(I)c(OC(=O)c3cccc([N+](=O)[O-])c3)ccc12. The number of hydrogen-bond acceptors (Lipinski definition) is 6. The molecule has 8 heteroatoms. The summed E-state index contributed by atoms with van der Waals surface area (Å²) in [7, 11) is 0. The minimum Gasteiger partial charge on any atom is -0.422 e. The summed E-state index contributed by atoms with van der Waals surface area (Å²) in [6.45, 7) is 1.78. The van der Waals surface area contributed by atoms with Gasteiger partial charge in [0.2, 0.25) is 0 Å². The van der Waals surface area contributed by atoms with Gasteiger partial charge in [-0.05, 0) is 53.3 Å². The first kappa shape index (κ1) is 17.1. The molecule has 0 aliphatic carbocycles. The van der Waals surface area contributed by atoms with Crippen LogP contribution in [-0.2, 0) is 0 Å². The average molecular weight is 451 g/mol. The van der Waals surface area contributed by atoms with Crippen LogP contribution in [0.25, 0.3) is 11.0 Å². The number of aryl methyl sites for hydroxylation is 1. The third kappa shape index (κ3) is 3.38. The van der Waals surface area contributed by atoms with Crippen molar-refractivity contribution < 1.29 is 18.9 Å². The zero-order chi connectivity index (χ0) is 18.1. The van der Waals surface area contributed by atoms with Gasteiger partial charge >= 0.3 is 11.6 Å². The molecule has 0 N–H and O–H groups in total. The Morgan fingerprint density at radius 2 is 2.00 bits per heavy atom. The predicted molar refractivity (Wildman–Crippen MR) is 98.0 cm³/mol. The Morgan fingerprint density at radius 3 is 2.72 bits per heavy atom.